The average molecular weight is 168 g/mol. The molecule has 0 bridgehead atoms. The van der Waals surface area contributed by atoms with Crippen LogP contribution in [0.5, 0.6) is 0 Å². The number of nitriles is 1. The van der Waals surface area contributed by atoms with Crippen LogP contribution in [-0.4, -0.2) is 18.8 Å². The lowest BCUT2D eigenvalue weighted by molar-refractivity contribution is 0.0879. The van der Waals surface area contributed by atoms with Gasteiger partial charge in [-0.25, -0.2) is 0 Å². The van der Waals surface area contributed by atoms with Crippen molar-refractivity contribution < 1.29 is 4.74 Å². The van der Waals surface area contributed by atoms with Crippen LogP contribution in [-0.2, 0) is 4.74 Å². The van der Waals surface area contributed by atoms with E-state index in [1.807, 2.05) is 6.07 Å². The fourth-order valence-corrected chi connectivity index (χ4v) is 1.70. The maximum absolute atomic E-state index is 8.26. The van der Waals surface area contributed by atoms with Crippen molar-refractivity contribution >= 4 is 0 Å². The van der Waals surface area contributed by atoms with E-state index < -0.39 is 0 Å². The molecule has 0 spiro atoms. The molecule has 2 N–H and O–H groups in total. The highest BCUT2D eigenvalue weighted by atomic mass is 16.5. The highest BCUT2D eigenvalue weighted by Crippen LogP contribution is 2.25. The quantitative estimate of drug-likeness (QED) is 0.644. The molecule has 0 saturated heterocycles. The molecule has 0 amide bonds. The zero-order valence-corrected chi connectivity index (χ0v) is 7.38. The highest BCUT2D eigenvalue weighted by Gasteiger charge is 2.27. The Balaban J connectivity index is 2.23. The van der Waals surface area contributed by atoms with Crippen molar-refractivity contribution in [2.75, 3.05) is 13.2 Å². The van der Waals surface area contributed by atoms with Crippen molar-refractivity contribution in [2.45, 2.75) is 37.6 Å². The normalized spacial score (nSPS) is 21.7. The highest BCUT2D eigenvalue weighted by molar-refractivity contribution is 4.87. The van der Waals surface area contributed by atoms with Crippen LogP contribution in [0, 0.1) is 11.3 Å². The Morgan fingerprint density at radius 2 is 2.00 bits per heavy atom. The Hall–Kier alpha value is -0.590. The first-order chi connectivity index (χ1) is 5.77. The molecule has 0 heterocycles. The Morgan fingerprint density at radius 1 is 1.33 bits per heavy atom. The van der Waals surface area contributed by atoms with Crippen LogP contribution in [0.15, 0.2) is 0 Å². The van der Waals surface area contributed by atoms with Gasteiger partial charge in [-0.1, -0.05) is 19.3 Å². The van der Waals surface area contributed by atoms with Gasteiger partial charge in [-0.15, -0.1) is 0 Å². The minimum atomic E-state index is -0.144. The Labute approximate surface area is 73.5 Å². The first-order valence-electron chi connectivity index (χ1n) is 4.50. The van der Waals surface area contributed by atoms with Gasteiger partial charge in [0, 0.05) is 5.54 Å². The summed E-state index contributed by atoms with van der Waals surface area (Å²) in [4.78, 5) is 0. The number of ether oxygens (including phenoxy) is 1. The lowest BCUT2D eigenvalue weighted by atomic mass is 9.83. The SMILES string of the molecule is N#CCOCC1(N)CCCCC1. The monoisotopic (exact) mass is 168 g/mol. The van der Waals surface area contributed by atoms with Gasteiger partial charge in [0.15, 0.2) is 0 Å². The Kier molecular flexibility index (Phi) is 3.51. The number of hydrogen-bond acceptors (Lipinski definition) is 3. The second-order valence-electron chi connectivity index (χ2n) is 3.57. The van der Waals surface area contributed by atoms with E-state index >= 15 is 0 Å². The summed E-state index contributed by atoms with van der Waals surface area (Å²) < 4.78 is 5.14. The van der Waals surface area contributed by atoms with Crippen molar-refractivity contribution in [3.63, 3.8) is 0 Å². The van der Waals surface area contributed by atoms with Gasteiger partial charge in [-0.05, 0) is 12.8 Å². The van der Waals surface area contributed by atoms with Gasteiger partial charge in [0.1, 0.15) is 6.61 Å². The van der Waals surface area contributed by atoms with E-state index in [4.69, 9.17) is 15.7 Å². The van der Waals surface area contributed by atoms with Gasteiger partial charge in [0.05, 0.1) is 12.7 Å². The molecule has 1 aliphatic carbocycles. The molecule has 1 rings (SSSR count). The minimum absolute atomic E-state index is 0.144. The van der Waals surface area contributed by atoms with Gasteiger partial charge < -0.3 is 10.5 Å². The molecule has 0 unspecified atom stereocenters. The molecule has 3 nitrogen and oxygen atoms in total. The maximum atomic E-state index is 8.26. The van der Waals surface area contributed by atoms with Crippen LogP contribution < -0.4 is 5.73 Å². The van der Waals surface area contributed by atoms with Crippen molar-refractivity contribution in [3.8, 4) is 6.07 Å². The third-order valence-electron chi connectivity index (χ3n) is 2.41. The van der Waals surface area contributed by atoms with Crippen LogP contribution in [0.4, 0.5) is 0 Å². The second-order valence-corrected chi connectivity index (χ2v) is 3.57. The predicted molar refractivity (Wildman–Crippen MR) is 46.4 cm³/mol. The summed E-state index contributed by atoms with van der Waals surface area (Å²) in [7, 11) is 0. The van der Waals surface area contributed by atoms with Crippen molar-refractivity contribution in [1.29, 1.82) is 5.26 Å². The smallest absolute Gasteiger partial charge is 0.133 e. The maximum Gasteiger partial charge on any atom is 0.133 e. The van der Waals surface area contributed by atoms with E-state index in [-0.39, 0.29) is 12.1 Å². The van der Waals surface area contributed by atoms with Crippen LogP contribution >= 0.6 is 0 Å². The van der Waals surface area contributed by atoms with Crippen LogP contribution in [0.3, 0.4) is 0 Å². The van der Waals surface area contributed by atoms with Crippen molar-refractivity contribution in [3.05, 3.63) is 0 Å². The molecule has 0 aliphatic heterocycles. The third kappa shape index (κ3) is 2.80. The van der Waals surface area contributed by atoms with Crippen molar-refractivity contribution in [2.24, 2.45) is 5.73 Å². The molecule has 0 aromatic heterocycles. The number of nitrogens with zero attached hydrogens (tertiary/aromatic N) is 1. The molecule has 3 heteroatoms. The average Bonchev–Trinajstić information content (AvgIpc) is 2.06. The van der Waals surface area contributed by atoms with E-state index in [1.54, 1.807) is 0 Å². The molecule has 1 aliphatic rings. The summed E-state index contributed by atoms with van der Waals surface area (Å²) in [5, 5.41) is 8.26. The Bertz CT molecular complexity index is 168. The van der Waals surface area contributed by atoms with Crippen molar-refractivity contribution in [1.82, 2.24) is 0 Å². The molecule has 68 valence electrons. The number of rotatable bonds is 3. The molecule has 0 aromatic carbocycles. The molecule has 0 atom stereocenters. The van der Waals surface area contributed by atoms with Gasteiger partial charge >= 0.3 is 0 Å². The van der Waals surface area contributed by atoms with Crippen LogP contribution in [0.25, 0.3) is 0 Å². The van der Waals surface area contributed by atoms with E-state index in [9.17, 15) is 0 Å². The first kappa shape index (κ1) is 9.50. The fourth-order valence-electron chi connectivity index (χ4n) is 1.70. The summed E-state index contributed by atoms with van der Waals surface area (Å²) in [5.74, 6) is 0. The lowest BCUT2D eigenvalue weighted by Crippen LogP contribution is -2.46. The standard InChI is InChI=1S/C9H16N2O/c10-6-7-12-8-9(11)4-2-1-3-5-9/h1-5,7-8,11H2. The minimum Gasteiger partial charge on any atom is -0.365 e. The fraction of sp³-hybridized carbons (Fsp3) is 0.889. The second kappa shape index (κ2) is 4.44. The van der Waals surface area contributed by atoms with Gasteiger partial charge in [-0.2, -0.15) is 5.26 Å². The molecule has 12 heavy (non-hydrogen) atoms. The molecule has 0 aromatic rings. The zero-order chi connectivity index (χ0) is 8.86. The van der Waals surface area contributed by atoms with Crippen LogP contribution in [0.1, 0.15) is 32.1 Å². The van der Waals surface area contributed by atoms with E-state index in [1.165, 1.54) is 19.3 Å². The molecule has 0 radical (unpaired) electrons. The summed E-state index contributed by atoms with van der Waals surface area (Å²) in [6.45, 7) is 0.708. The van der Waals surface area contributed by atoms with E-state index in [0.29, 0.717) is 6.61 Å². The summed E-state index contributed by atoms with van der Waals surface area (Å²) in [6, 6.07) is 1.95. The molecular formula is C9H16N2O. The summed E-state index contributed by atoms with van der Waals surface area (Å²) >= 11 is 0. The van der Waals surface area contributed by atoms with Gasteiger partial charge in [0.2, 0.25) is 0 Å². The number of nitrogens with two attached hydrogens (primary N) is 1. The van der Waals surface area contributed by atoms with Crippen LogP contribution in [0.2, 0.25) is 0 Å². The van der Waals surface area contributed by atoms with E-state index in [2.05, 4.69) is 0 Å². The topological polar surface area (TPSA) is 59.0 Å². The molecular weight excluding hydrogens is 152 g/mol. The summed E-state index contributed by atoms with van der Waals surface area (Å²) in [5.41, 5.74) is 5.92. The largest absolute Gasteiger partial charge is 0.365 e. The predicted octanol–water partition coefficient (Wildman–Crippen LogP) is 1.19. The third-order valence-corrected chi connectivity index (χ3v) is 2.41. The van der Waals surface area contributed by atoms with Gasteiger partial charge in [0.25, 0.3) is 0 Å². The van der Waals surface area contributed by atoms with Gasteiger partial charge in [-0.3, -0.25) is 0 Å². The zero-order valence-electron chi connectivity index (χ0n) is 7.38. The first-order valence-corrected chi connectivity index (χ1v) is 4.50. The van der Waals surface area contributed by atoms with E-state index in [0.717, 1.165) is 12.8 Å². The molecule has 1 saturated carbocycles. The molecule has 1 fully saturated rings. The summed E-state index contributed by atoms with van der Waals surface area (Å²) in [6.07, 6.45) is 5.77. The Morgan fingerprint density at radius 3 is 2.58 bits per heavy atom. The number of hydrogen-bond donors (Lipinski definition) is 1. The lowest BCUT2D eigenvalue weighted by Gasteiger charge is -2.32.